The van der Waals surface area contributed by atoms with E-state index in [2.05, 4.69) is 5.32 Å². The van der Waals surface area contributed by atoms with Crippen LogP contribution in [0.2, 0.25) is 10.0 Å². The Labute approximate surface area is 233 Å². The molecule has 3 aromatic carbocycles. The van der Waals surface area contributed by atoms with Crippen LogP contribution in [0.1, 0.15) is 11.1 Å². The van der Waals surface area contributed by atoms with Crippen molar-refractivity contribution in [1.29, 1.82) is 0 Å². The second-order valence-electron chi connectivity index (χ2n) is 8.52. The SMILES string of the molecule is COc1ccc(NC(=O)CN2C(=O)S/C(=C/c3cn(Cc4ccc(Cl)c(Cl)c4)c4ccccc34)C2=O)cc1. The summed E-state index contributed by atoms with van der Waals surface area (Å²) >= 11 is 13.1. The summed E-state index contributed by atoms with van der Waals surface area (Å²) in [6, 6.07) is 20.0. The normalized spacial score (nSPS) is 14.5. The van der Waals surface area contributed by atoms with Crippen LogP contribution in [-0.4, -0.2) is 40.2 Å². The molecule has 192 valence electrons. The number of rotatable bonds is 7. The van der Waals surface area contributed by atoms with Gasteiger partial charge >= 0.3 is 0 Å². The molecule has 0 radical (unpaired) electrons. The van der Waals surface area contributed by atoms with E-state index in [0.29, 0.717) is 28.0 Å². The fraction of sp³-hybridized carbons (Fsp3) is 0.107. The molecule has 0 saturated carbocycles. The lowest BCUT2D eigenvalue weighted by Crippen LogP contribution is -2.36. The summed E-state index contributed by atoms with van der Waals surface area (Å²) in [5.74, 6) is -0.333. The lowest BCUT2D eigenvalue weighted by molar-refractivity contribution is -0.127. The lowest BCUT2D eigenvalue weighted by Gasteiger charge is -2.12. The van der Waals surface area contributed by atoms with Gasteiger partial charge < -0.3 is 14.6 Å². The average Bonchev–Trinajstić information content (AvgIpc) is 3.38. The van der Waals surface area contributed by atoms with E-state index in [0.717, 1.165) is 38.7 Å². The Morgan fingerprint density at radius 1 is 1.03 bits per heavy atom. The van der Waals surface area contributed by atoms with Crippen LogP contribution < -0.4 is 10.1 Å². The van der Waals surface area contributed by atoms with E-state index >= 15 is 0 Å². The Bertz CT molecular complexity index is 1600. The third-order valence-corrected chi connectivity index (χ3v) is 7.64. The lowest BCUT2D eigenvalue weighted by atomic mass is 10.1. The standard InChI is InChI=1S/C28H21Cl2N3O4S/c1-37-20-9-7-19(8-10-20)31-26(34)16-33-27(35)25(38-28(33)36)13-18-15-32(24-5-3-2-4-21(18)24)14-17-6-11-22(29)23(30)12-17/h2-13,15H,14,16H2,1H3,(H,31,34)/b25-13+. The van der Waals surface area contributed by atoms with Crippen molar-refractivity contribution in [3.63, 3.8) is 0 Å². The van der Waals surface area contributed by atoms with Crippen LogP contribution in [0.25, 0.3) is 17.0 Å². The number of ether oxygens (including phenoxy) is 1. The van der Waals surface area contributed by atoms with Crippen molar-refractivity contribution in [2.45, 2.75) is 6.54 Å². The number of methoxy groups -OCH3 is 1. The number of hydrogen-bond acceptors (Lipinski definition) is 5. The summed E-state index contributed by atoms with van der Waals surface area (Å²) in [5.41, 5.74) is 3.25. The van der Waals surface area contributed by atoms with Crippen molar-refractivity contribution in [1.82, 2.24) is 9.47 Å². The third-order valence-electron chi connectivity index (χ3n) is 5.99. The summed E-state index contributed by atoms with van der Waals surface area (Å²) in [6.07, 6.45) is 3.62. The summed E-state index contributed by atoms with van der Waals surface area (Å²) in [4.78, 5) is 39.4. The van der Waals surface area contributed by atoms with Crippen molar-refractivity contribution >= 4 is 74.7 Å². The van der Waals surface area contributed by atoms with Gasteiger partial charge in [-0.1, -0.05) is 47.5 Å². The van der Waals surface area contributed by atoms with Gasteiger partial charge in [0.2, 0.25) is 5.91 Å². The van der Waals surface area contributed by atoms with Gasteiger partial charge in [0, 0.05) is 34.9 Å². The minimum Gasteiger partial charge on any atom is -0.497 e. The second kappa shape index (κ2) is 10.9. The van der Waals surface area contributed by atoms with Crippen molar-refractivity contribution in [2.75, 3.05) is 19.0 Å². The highest BCUT2D eigenvalue weighted by Gasteiger charge is 2.36. The maximum Gasteiger partial charge on any atom is 0.294 e. The summed E-state index contributed by atoms with van der Waals surface area (Å²) in [5, 5.41) is 4.09. The molecule has 7 nitrogen and oxygen atoms in total. The molecular formula is C28H21Cl2N3O4S. The molecule has 4 aromatic rings. The maximum absolute atomic E-state index is 13.1. The van der Waals surface area contributed by atoms with Crippen LogP contribution in [-0.2, 0) is 16.1 Å². The molecule has 1 aromatic heterocycles. The van der Waals surface area contributed by atoms with Crippen LogP contribution in [0, 0.1) is 0 Å². The Morgan fingerprint density at radius 3 is 2.53 bits per heavy atom. The molecule has 0 unspecified atom stereocenters. The highest BCUT2D eigenvalue weighted by molar-refractivity contribution is 8.18. The predicted molar refractivity (Wildman–Crippen MR) is 152 cm³/mol. The van der Waals surface area contributed by atoms with Crippen LogP contribution in [0.4, 0.5) is 10.5 Å². The van der Waals surface area contributed by atoms with Gasteiger partial charge in [-0.05, 0) is 65.9 Å². The van der Waals surface area contributed by atoms with E-state index in [4.69, 9.17) is 27.9 Å². The summed E-state index contributed by atoms with van der Waals surface area (Å²) < 4.78 is 7.16. The number of para-hydroxylation sites is 1. The van der Waals surface area contributed by atoms with Crippen LogP contribution >= 0.6 is 35.0 Å². The van der Waals surface area contributed by atoms with Crippen LogP contribution in [0.3, 0.4) is 0 Å². The molecule has 1 fully saturated rings. The van der Waals surface area contributed by atoms with Crippen LogP contribution in [0.5, 0.6) is 5.75 Å². The molecule has 1 aliphatic rings. The molecule has 3 amide bonds. The van der Waals surface area contributed by atoms with Crippen molar-refractivity contribution in [2.24, 2.45) is 0 Å². The van der Waals surface area contributed by atoms with Gasteiger partial charge in [0.1, 0.15) is 12.3 Å². The third kappa shape index (κ3) is 5.43. The molecule has 1 saturated heterocycles. The zero-order chi connectivity index (χ0) is 26.8. The zero-order valence-electron chi connectivity index (χ0n) is 20.1. The highest BCUT2D eigenvalue weighted by Crippen LogP contribution is 2.34. The van der Waals surface area contributed by atoms with E-state index in [1.807, 2.05) is 47.2 Å². The highest BCUT2D eigenvalue weighted by atomic mass is 35.5. The van der Waals surface area contributed by atoms with Gasteiger partial charge in [-0.15, -0.1) is 0 Å². The molecule has 0 bridgehead atoms. The minimum absolute atomic E-state index is 0.254. The smallest absolute Gasteiger partial charge is 0.294 e. The van der Waals surface area contributed by atoms with E-state index in [1.54, 1.807) is 43.5 Å². The molecule has 10 heteroatoms. The van der Waals surface area contributed by atoms with Gasteiger partial charge in [0.25, 0.3) is 11.1 Å². The monoisotopic (exact) mass is 565 g/mol. The molecular weight excluding hydrogens is 545 g/mol. The minimum atomic E-state index is -0.508. The zero-order valence-corrected chi connectivity index (χ0v) is 22.4. The number of carbonyl (C=O) groups is 3. The number of amides is 3. The quantitative estimate of drug-likeness (QED) is 0.253. The van der Waals surface area contributed by atoms with Gasteiger partial charge in [0.15, 0.2) is 0 Å². The summed E-state index contributed by atoms with van der Waals surface area (Å²) in [7, 11) is 1.55. The fourth-order valence-electron chi connectivity index (χ4n) is 4.15. The first-order valence-corrected chi connectivity index (χ1v) is 13.1. The number of benzene rings is 3. The molecule has 0 spiro atoms. The molecule has 38 heavy (non-hydrogen) atoms. The maximum atomic E-state index is 13.1. The molecule has 5 rings (SSSR count). The number of thioether (sulfide) groups is 1. The van der Waals surface area contributed by atoms with Gasteiger partial charge in [0.05, 0.1) is 22.1 Å². The summed E-state index contributed by atoms with van der Waals surface area (Å²) in [6.45, 7) is 0.158. The first-order valence-electron chi connectivity index (χ1n) is 11.5. The number of aromatic nitrogens is 1. The topological polar surface area (TPSA) is 80.6 Å². The van der Waals surface area contributed by atoms with Crippen molar-refractivity contribution in [3.8, 4) is 5.75 Å². The number of nitrogens with zero attached hydrogens (tertiary/aromatic N) is 2. The van der Waals surface area contributed by atoms with Gasteiger partial charge in [-0.25, -0.2) is 0 Å². The Balaban J connectivity index is 1.35. The number of anilines is 1. The number of carbonyl (C=O) groups excluding carboxylic acids is 3. The Morgan fingerprint density at radius 2 is 1.79 bits per heavy atom. The number of hydrogen-bond donors (Lipinski definition) is 1. The Hall–Kier alpha value is -3.72. The second-order valence-corrected chi connectivity index (χ2v) is 10.3. The molecule has 0 atom stereocenters. The van der Waals surface area contributed by atoms with Crippen LogP contribution in [0.15, 0.2) is 77.8 Å². The Kier molecular flexibility index (Phi) is 7.46. The fourth-order valence-corrected chi connectivity index (χ4v) is 5.30. The van der Waals surface area contributed by atoms with Crippen molar-refractivity contribution < 1.29 is 19.1 Å². The number of fused-ring (bicyclic) bond motifs is 1. The first-order chi connectivity index (χ1) is 18.3. The van der Waals surface area contributed by atoms with E-state index in [9.17, 15) is 14.4 Å². The van der Waals surface area contributed by atoms with E-state index < -0.39 is 17.1 Å². The van der Waals surface area contributed by atoms with Crippen molar-refractivity contribution in [3.05, 3.63) is 99.0 Å². The van der Waals surface area contributed by atoms with E-state index in [-0.39, 0.29) is 11.4 Å². The average molecular weight is 566 g/mol. The number of imide groups is 1. The number of halogens is 2. The first kappa shape index (κ1) is 25.9. The number of nitrogens with one attached hydrogen (secondary N) is 1. The molecule has 1 N–H and O–H groups in total. The van der Waals surface area contributed by atoms with Gasteiger partial charge in [-0.3, -0.25) is 19.3 Å². The molecule has 2 heterocycles. The van der Waals surface area contributed by atoms with E-state index in [1.165, 1.54) is 0 Å². The largest absolute Gasteiger partial charge is 0.497 e. The predicted octanol–water partition coefficient (Wildman–Crippen LogP) is 6.68. The molecule has 1 aliphatic heterocycles. The van der Waals surface area contributed by atoms with Gasteiger partial charge in [-0.2, -0.15) is 0 Å². The molecule has 0 aliphatic carbocycles.